The summed E-state index contributed by atoms with van der Waals surface area (Å²) in [5.41, 5.74) is 3.85. The van der Waals surface area contributed by atoms with Crippen LogP contribution in [0.25, 0.3) is 0 Å². The van der Waals surface area contributed by atoms with Gasteiger partial charge in [-0.25, -0.2) is 0 Å². The molecule has 0 saturated carbocycles. The topological polar surface area (TPSA) is 38.1 Å². The number of fused-ring (bicyclic) bond motifs is 1. The molecule has 2 aromatic rings. The molecule has 98 valence electrons. The Kier molecular flexibility index (Phi) is 2.85. The number of amides is 1. The smallest absolute Gasteiger partial charge is 0.278 e. The molecule has 1 aliphatic rings. The van der Waals surface area contributed by atoms with E-state index in [1.165, 1.54) is 5.69 Å². The molecule has 4 heteroatoms. The molecule has 1 heterocycles. The second-order valence-electron chi connectivity index (χ2n) is 4.95. The number of benzene rings is 1. The van der Waals surface area contributed by atoms with Gasteiger partial charge in [0, 0.05) is 31.0 Å². The van der Waals surface area contributed by atoms with Crippen molar-refractivity contribution in [1.82, 2.24) is 9.78 Å². The molecule has 1 aromatic heterocycles. The monoisotopic (exact) mass is 255 g/mol. The highest BCUT2D eigenvalue weighted by molar-refractivity contribution is 6.05. The maximum Gasteiger partial charge on any atom is 0.278 e. The summed E-state index contributed by atoms with van der Waals surface area (Å²) in [4.78, 5) is 14.2. The number of anilines is 1. The Balaban J connectivity index is 1.95. The number of hydrogen-bond acceptors (Lipinski definition) is 2. The van der Waals surface area contributed by atoms with Crippen LogP contribution < -0.4 is 4.90 Å². The summed E-state index contributed by atoms with van der Waals surface area (Å²) in [6.45, 7) is 0. The fourth-order valence-electron chi connectivity index (χ4n) is 2.71. The summed E-state index contributed by atoms with van der Waals surface area (Å²) < 4.78 is 1.86. The van der Waals surface area contributed by atoms with Crippen molar-refractivity contribution in [1.29, 1.82) is 0 Å². The van der Waals surface area contributed by atoms with E-state index in [1.54, 1.807) is 11.9 Å². The number of aryl methyl sites for hydroxylation is 1. The van der Waals surface area contributed by atoms with E-state index in [-0.39, 0.29) is 5.91 Å². The zero-order chi connectivity index (χ0) is 13.4. The van der Waals surface area contributed by atoms with Gasteiger partial charge in [0.15, 0.2) is 5.69 Å². The third kappa shape index (κ3) is 1.93. The Morgan fingerprint density at radius 1 is 1.26 bits per heavy atom. The lowest BCUT2D eigenvalue weighted by Crippen LogP contribution is -2.27. The first kappa shape index (κ1) is 12.0. The summed E-state index contributed by atoms with van der Waals surface area (Å²) in [7, 11) is 3.72. The van der Waals surface area contributed by atoms with Gasteiger partial charge in [0.25, 0.3) is 5.91 Å². The van der Waals surface area contributed by atoms with Gasteiger partial charge in [-0.15, -0.1) is 0 Å². The standard InChI is InChI=1S/C15H17N3O/c1-17(11-7-4-3-5-8-11)15(19)14-12-9-6-10-13(12)18(2)16-14/h3-5,7-8H,6,9-10H2,1-2H3. The Hall–Kier alpha value is -2.10. The van der Waals surface area contributed by atoms with E-state index in [0.717, 1.165) is 30.5 Å². The van der Waals surface area contributed by atoms with Crippen molar-refractivity contribution in [2.45, 2.75) is 19.3 Å². The van der Waals surface area contributed by atoms with Crippen molar-refractivity contribution in [3.05, 3.63) is 47.3 Å². The molecule has 0 spiro atoms. The van der Waals surface area contributed by atoms with Crippen LogP contribution in [0.5, 0.6) is 0 Å². The van der Waals surface area contributed by atoms with Crippen molar-refractivity contribution >= 4 is 11.6 Å². The Bertz CT molecular complexity index is 616. The van der Waals surface area contributed by atoms with Crippen LogP contribution in [0.3, 0.4) is 0 Å². The third-order valence-electron chi connectivity index (χ3n) is 3.77. The second kappa shape index (κ2) is 4.53. The highest BCUT2D eigenvalue weighted by Crippen LogP contribution is 2.26. The van der Waals surface area contributed by atoms with E-state index in [4.69, 9.17) is 0 Å². The minimum Gasteiger partial charge on any atom is -0.310 e. The predicted octanol–water partition coefficient (Wildman–Crippen LogP) is 2.19. The van der Waals surface area contributed by atoms with E-state index in [9.17, 15) is 4.79 Å². The Morgan fingerprint density at radius 2 is 2.00 bits per heavy atom. The summed E-state index contributed by atoms with van der Waals surface area (Å²) in [5.74, 6) is -0.0232. The number of hydrogen-bond donors (Lipinski definition) is 0. The normalized spacial score (nSPS) is 13.4. The molecule has 3 rings (SSSR count). The predicted molar refractivity (Wildman–Crippen MR) is 74.4 cm³/mol. The zero-order valence-electron chi connectivity index (χ0n) is 11.3. The third-order valence-corrected chi connectivity index (χ3v) is 3.77. The van der Waals surface area contributed by atoms with Gasteiger partial charge < -0.3 is 4.90 Å². The summed E-state index contributed by atoms with van der Waals surface area (Å²) in [6.07, 6.45) is 3.12. The molecule has 0 radical (unpaired) electrons. The van der Waals surface area contributed by atoms with Gasteiger partial charge in [-0.2, -0.15) is 5.10 Å². The van der Waals surface area contributed by atoms with E-state index >= 15 is 0 Å². The van der Waals surface area contributed by atoms with Crippen molar-refractivity contribution in [3.8, 4) is 0 Å². The van der Waals surface area contributed by atoms with Crippen LogP contribution >= 0.6 is 0 Å². The maximum atomic E-state index is 12.6. The molecule has 0 bridgehead atoms. The molecule has 0 N–H and O–H groups in total. The van der Waals surface area contributed by atoms with Crippen molar-refractivity contribution in [3.63, 3.8) is 0 Å². The summed E-state index contributed by atoms with van der Waals surface area (Å²) in [5, 5.41) is 4.40. The lowest BCUT2D eigenvalue weighted by Gasteiger charge is -2.16. The van der Waals surface area contributed by atoms with Crippen LogP contribution in [0.15, 0.2) is 30.3 Å². The summed E-state index contributed by atoms with van der Waals surface area (Å²) in [6, 6.07) is 9.67. The van der Waals surface area contributed by atoms with Gasteiger partial charge in [0.1, 0.15) is 0 Å². The summed E-state index contributed by atoms with van der Waals surface area (Å²) >= 11 is 0. The number of nitrogens with zero attached hydrogens (tertiary/aromatic N) is 3. The van der Waals surface area contributed by atoms with Crippen molar-refractivity contribution in [2.24, 2.45) is 7.05 Å². The minimum atomic E-state index is -0.0232. The largest absolute Gasteiger partial charge is 0.310 e. The fraction of sp³-hybridized carbons (Fsp3) is 0.333. The number of rotatable bonds is 2. The molecule has 0 fully saturated rings. The minimum absolute atomic E-state index is 0.0232. The van der Waals surface area contributed by atoms with Crippen LogP contribution in [0, 0.1) is 0 Å². The lowest BCUT2D eigenvalue weighted by molar-refractivity contribution is 0.0986. The van der Waals surface area contributed by atoms with Gasteiger partial charge >= 0.3 is 0 Å². The number of carbonyl (C=O) groups excluding carboxylic acids is 1. The zero-order valence-corrected chi connectivity index (χ0v) is 11.3. The second-order valence-corrected chi connectivity index (χ2v) is 4.95. The number of aromatic nitrogens is 2. The van der Waals surface area contributed by atoms with Gasteiger partial charge in [-0.05, 0) is 31.4 Å². The molecule has 19 heavy (non-hydrogen) atoms. The van der Waals surface area contributed by atoms with Gasteiger partial charge in [0.2, 0.25) is 0 Å². The van der Waals surface area contributed by atoms with E-state index in [1.807, 2.05) is 42.1 Å². The molecule has 0 saturated heterocycles. The molecular weight excluding hydrogens is 238 g/mol. The van der Waals surface area contributed by atoms with Crippen molar-refractivity contribution < 1.29 is 4.79 Å². The maximum absolute atomic E-state index is 12.6. The fourth-order valence-corrected chi connectivity index (χ4v) is 2.71. The molecule has 4 nitrogen and oxygen atoms in total. The molecule has 0 atom stereocenters. The SMILES string of the molecule is CN(C(=O)c1nn(C)c2c1CCC2)c1ccccc1. The number of carbonyl (C=O) groups is 1. The molecule has 1 amide bonds. The van der Waals surface area contributed by atoms with E-state index in [0.29, 0.717) is 5.69 Å². The average molecular weight is 255 g/mol. The van der Waals surface area contributed by atoms with Gasteiger partial charge in [0.05, 0.1) is 0 Å². The molecular formula is C15H17N3O. The van der Waals surface area contributed by atoms with Crippen LogP contribution in [0.1, 0.15) is 28.2 Å². The highest BCUT2D eigenvalue weighted by Gasteiger charge is 2.27. The highest BCUT2D eigenvalue weighted by atomic mass is 16.2. The molecule has 0 aliphatic heterocycles. The molecule has 1 aliphatic carbocycles. The van der Waals surface area contributed by atoms with Gasteiger partial charge in [-0.3, -0.25) is 9.48 Å². The molecule has 1 aromatic carbocycles. The van der Waals surface area contributed by atoms with Crippen molar-refractivity contribution in [2.75, 3.05) is 11.9 Å². The first-order valence-corrected chi connectivity index (χ1v) is 6.56. The quantitative estimate of drug-likeness (QED) is 0.825. The average Bonchev–Trinajstić information content (AvgIpc) is 3.03. The van der Waals surface area contributed by atoms with E-state index in [2.05, 4.69) is 5.10 Å². The van der Waals surface area contributed by atoms with Crippen LogP contribution in [0.4, 0.5) is 5.69 Å². The van der Waals surface area contributed by atoms with Crippen LogP contribution in [-0.4, -0.2) is 22.7 Å². The van der Waals surface area contributed by atoms with Gasteiger partial charge in [-0.1, -0.05) is 18.2 Å². The Labute approximate surface area is 112 Å². The molecule has 0 unspecified atom stereocenters. The van der Waals surface area contributed by atoms with Crippen LogP contribution in [-0.2, 0) is 19.9 Å². The number of para-hydroxylation sites is 1. The van der Waals surface area contributed by atoms with E-state index < -0.39 is 0 Å². The van der Waals surface area contributed by atoms with Crippen LogP contribution in [0.2, 0.25) is 0 Å². The Morgan fingerprint density at radius 3 is 2.74 bits per heavy atom. The lowest BCUT2D eigenvalue weighted by atomic mass is 10.2. The first-order valence-electron chi connectivity index (χ1n) is 6.56. The first-order chi connectivity index (χ1) is 9.18.